The van der Waals surface area contributed by atoms with Gasteiger partial charge in [-0.3, -0.25) is 14.3 Å². The highest BCUT2D eigenvalue weighted by atomic mass is 35.5. The fourth-order valence-corrected chi connectivity index (χ4v) is 4.65. The van der Waals surface area contributed by atoms with E-state index in [1.54, 1.807) is 0 Å². The molecule has 0 bridgehead atoms. The maximum Gasteiger partial charge on any atom is 0.339 e. The highest BCUT2D eigenvalue weighted by Gasteiger charge is 2.28. The largest absolute Gasteiger partial charge is 0.465 e. The average Bonchev–Trinajstić information content (AvgIpc) is 2.60. The summed E-state index contributed by atoms with van der Waals surface area (Å²) in [6, 6.07) is 2.49. The van der Waals surface area contributed by atoms with E-state index in [1.807, 2.05) is 6.92 Å². The van der Waals surface area contributed by atoms with Crippen LogP contribution in [0.15, 0.2) is 12.1 Å². The first kappa shape index (κ1) is 19.7. The standard InChI is InChI=1S/C16H21ClN2O5S/c1-3-25(23)11-6-4-5-10(7-11)18-14-9-13(17)12(16(20)24-2)8-15(14)19(21)22/h8-11,18H,3-7H2,1-2H3. The number of hydrogen-bond acceptors (Lipinski definition) is 6. The molecule has 0 radical (unpaired) electrons. The van der Waals surface area contributed by atoms with Crippen molar-refractivity contribution in [1.82, 2.24) is 0 Å². The summed E-state index contributed by atoms with van der Waals surface area (Å²) >= 11 is 6.09. The minimum Gasteiger partial charge on any atom is -0.465 e. The van der Waals surface area contributed by atoms with Crippen LogP contribution >= 0.6 is 11.6 Å². The lowest BCUT2D eigenvalue weighted by Crippen LogP contribution is -2.33. The number of rotatable bonds is 6. The zero-order valence-corrected chi connectivity index (χ0v) is 15.7. The number of benzene rings is 1. The van der Waals surface area contributed by atoms with Gasteiger partial charge in [0.1, 0.15) is 5.69 Å². The molecular formula is C16H21ClN2O5S. The third-order valence-corrected chi connectivity index (χ3v) is 6.38. The molecule has 1 aliphatic rings. The number of nitrogens with one attached hydrogen (secondary N) is 1. The minimum absolute atomic E-state index is 0.0204. The van der Waals surface area contributed by atoms with Crippen LogP contribution in [-0.4, -0.2) is 39.3 Å². The van der Waals surface area contributed by atoms with Crippen molar-refractivity contribution in [2.75, 3.05) is 18.2 Å². The Bertz CT molecular complexity index is 697. The molecule has 0 saturated heterocycles. The zero-order valence-electron chi connectivity index (χ0n) is 14.1. The second-order valence-corrected chi connectivity index (χ2v) is 8.31. The summed E-state index contributed by atoms with van der Waals surface area (Å²) < 4.78 is 16.6. The Morgan fingerprint density at radius 3 is 2.80 bits per heavy atom. The average molecular weight is 389 g/mol. The van der Waals surface area contributed by atoms with Gasteiger partial charge in [0.2, 0.25) is 0 Å². The fourth-order valence-electron chi connectivity index (χ4n) is 3.07. The molecule has 138 valence electrons. The van der Waals surface area contributed by atoms with E-state index in [2.05, 4.69) is 10.1 Å². The van der Waals surface area contributed by atoms with Gasteiger partial charge in [-0.2, -0.15) is 0 Å². The number of nitro groups is 1. The van der Waals surface area contributed by atoms with Gasteiger partial charge in [-0.05, 0) is 25.3 Å². The number of hydrogen-bond donors (Lipinski definition) is 1. The van der Waals surface area contributed by atoms with Gasteiger partial charge in [-0.15, -0.1) is 0 Å². The van der Waals surface area contributed by atoms with Gasteiger partial charge >= 0.3 is 5.97 Å². The van der Waals surface area contributed by atoms with Crippen molar-refractivity contribution in [3.05, 3.63) is 32.8 Å². The number of ether oxygens (including phenoxy) is 1. The van der Waals surface area contributed by atoms with Crippen molar-refractivity contribution in [2.24, 2.45) is 0 Å². The van der Waals surface area contributed by atoms with Crippen molar-refractivity contribution in [3.8, 4) is 0 Å². The SMILES string of the molecule is CCS(=O)C1CCCC(Nc2cc(Cl)c(C(=O)OC)cc2[N+](=O)[O-])C1. The normalized spacial score (nSPS) is 21.4. The van der Waals surface area contributed by atoms with Crippen molar-refractivity contribution >= 4 is 39.7 Å². The molecule has 2 rings (SSSR count). The lowest BCUT2D eigenvalue weighted by molar-refractivity contribution is -0.384. The van der Waals surface area contributed by atoms with E-state index in [0.29, 0.717) is 12.2 Å². The number of carbonyl (C=O) groups excluding carboxylic acids is 1. The van der Waals surface area contributed by atoms with E-state index < -0.39 is 21.7 Å². The monoisotopic (exact) mass is 388 g/mol. The second kappa shape index (κ2) is 8.62. The quantitative estimate of drug-likeness (QED) is 0.454. The van der Waals surface area contributed by atoms with E-state index >= 15 is 0 Å². The molecule has 1 aliphatic carbocycles. The Morgan fingerprint density at radius 2 is 2.20 bits per heavy atom. The number of methoxy groups -OCH3 is 1. The van der Waals surface area contributed by atoms with E-state index in [4.69, 9.17) is 11.6 Å². The highest BCUT2D eigenvalue weighted by Crippen LogP contribution is 2.34. The molecule has 0 spiro atoms. The molecule has 1 N–H and O–H groups in total. The smallest absolute Gasteiger partial charge is 0.339 e. The number of halogens is 1. The zero-order chi connectivity index (χ0) is 18.6. The van der Waals surface area contributed by atoms with Crippen LogP contribution in [0.4, 0.5) is 11.4 Å². The molecule has 7 nitrogen and oxygen atoms in total. The van der Waals surface area contributed by atoms with Crippen LogP contribution < -0.4 is 5.32 Å². The maximum atomic E-state index is 12.0. The number of carbonyl (C=O) groups is 1. The lowest BCUT2D eigenvalue weighted by Gasteiger charge is -2.29. The molecule has 0 amide bonds. The van der Waals surface area contributed by atoms with Gasteiger partial charge in [0.15, 0.2) is 0 Å². The Morgan fingerprint density at radius 1 is 1.48 bits per heavy atom. The lowest BCUT2D eigenvalue weighted by atomic mass is 9.94. The summed E-state index contributed by atoms with van der Waals surface area (Å²) in [7, 11) is 0.304. The van der Waals surface area contributed by atoms with Crippen LogP contribution in [0.2, 0.25) is 5.02 Å². The van der Waals surface area contributed by atoms with Gasteiger partial charge in [0.25, 0.3) is 5.69 Å². The van der Waals surface area contributed by atoms with Gasteiger partial charge in [0.05, 0.1) is 22.6 Å². The molecule has 0 aromatic heterocycles. The van der Waals surface area contributed by atoms with E-state index in [-0.39, 0.29) is 33.3 Å². The van der Waals surface area contributed by atoms with Crippen LogP contribution in [0.5, 0.6) is 0 Å². The molecule has 3 unspecified atom stereocenters. The molecule has 1 saturated carbocycles. The first-order valence-corrected chi connectivity index (χ1v) is 9.83. The van der Waals surface area contributed by atoms with Crippen LogP contribution in [0.3, 0.4) is 0 Å². The van der Waals surface area contributed by atoms with Crippen molar-refractivity contribution in [3.63, 3.8) is 0 Å². The van der Waals surface area contributed by atoms with Gasteiger partial charge < -0.3 is 10.1 Å². The first-order valence-electron chi connectivity index (χ1n) is 8.07. The van der Waals surface area contributed by atoms with Gasteiger partial charge in [0, 0.05) is 33.9 Å². The van der Waals surface area contributed by atoms with E-state index in [1.165, 1.54) is 13.2 Å². The number of anilines is 1. The van der Waals surface area contributed by atoms with Crippen LogP contribution in [0.1, 0.15) is 43.0 Å². The summed E-state index contributed by atoms with van der Waals surface area (Å²) in [5, 5.41) is 14.7. The van der Waals surface area contributed by atoms with Crippen molar-refractivity contribution in [2.45, 2.75) is 43.9 Å². The molecule has 9 heteroatoms. The summed E-state index contributed by atoms with van der Waals surface area (Å²) in [5.74, 6) is -0.118. The Kier molecular flexibility index (Phi) is 6.78. The van der Waals surface area contributed by atoms with Crippen molar-refractivity contribution < 1.29 is 18.7 Å². The molecule has 0 aliphatic heterocycles. The minimum atomic E-state index is -0.883. The Labute approximate surface area is 153 Å². The summed E-state index contributed by atoms with van der Waals surface area (Å²) in [4.78, 5) is 22.5. The van der Waals surface area contributed by atoms with E-state index in [9.17, 15) is 19.1 Å². The number of nitro benzene ring substituents is 1. The maximum absolute atomic E-state index is 12.0. The third kappa shape index (κ3) is 4.70. The molecular weight excluding hydrogens is 368 g/mol. The van der Waals surface area contributed by atoms with Gasteiger partial charge in [-0.1, -0.05) is 24.9 Å². The van der Waals surface area contributed by atoms with Gasteiger partial charge in [-0.25, -0.2) is 4.79 Å². The second-order valence-electron chi connectivity index (χ2n) is 5.90. The number of nitrogens with zero attached hydrogens (tertiary/aromatic N) is 1. The van der Waals surface area contributed by atoms with Crippen LogP contribution in [0, 0.1) is 10.1 Å². The molecule has 1 aromatic carbocycles. The molecule has 1 fully saturated rings. The van der Waals surface area contributed by atoms with Crippen molar-refractivity contribution in [1.29, 1.82) is 0 Å². The van der Waals surface area contributed by atoms with Crippen LogP contribution in [-0.2, 0) is 15.5 Å². The number of esters is 1. The molecule has 1 aromatic rings. The third-order valence-electron chi connectivity index (χ3n) is 4.33. The van der Waals surface area contributed by atoms with Crippen LogP contribution in [0.25, 0.3) is 0 Å². The molecule has 0 heterocycles. The predicted molar refractivity (Wildman–Crippen MR) is 97.8 cm³/mol. The summed E-state index contributed by atoms with van der Waals surface area (Å²) in [6.45, 7) is 1.89. The Hall–Kier alpha value is -1.67. The highest BCUT2D eigenvalue weighted by molar-refractivity contribution is 7.85. The summed E-state index contributed by atoms with van der Waals surface area (Å²) in [5.41, 5.74) is -0.0193. The Balaban J connectivity index is 2.26. The predicted octanol–water partition coefficient (Wildman–Crippen LogP) is 3.53. The molecule has 3 atom stereocenters. The molecule has 25 heavy (non-hydrogen) atoms. The fraction of sp³-hybridized carbons (Fsp3) is 0.562. The first-order chi connectivity index (χ1) is 11.9. The topological polar surface area (TPSA) is 98.5 Å². The summed E-state index contributed by atoms with van der Waals surface area (Å²) in [6.07, 6.45) is 3.34. The van der Waals surface area contributed by atoms with E-state index in [0.717, 1.165) is 25.3 Å².